The molecule has 0 fully saturated rings. The van der Waals surface area contributed by atoms with Gasteiger partial charge >= 0.3 is 0 Å². The molecule has 0 aliphatic carbocycles. The number of rotatable bonds is 8. The summed E-state index contributed by atoms with van der Waals surface area (Å²) < 4.78 is 5.32. The van der Waals surface area contributed by atoms with Crippen molar-refractivity contribution in [2.75, 3.05) is 7.11 Å². The molecular weight excluding hydrogens is 262 g/mol. The second kappa shape index (κ2) is 8.46. The van der Waals surface area contributed by atoms with Gasteiger partial charge in [0.05, 0.1) is 13.2 Å². The van der Waals surface area contributed by atoms with Crippen LogP contribution in [0.15, 0.2) is 18.2 Å². The van der Waals surface area contributed by atoms with Gasteiger partial charge in [-0.25, -0.2) is 0 Å². The first kappa shape index (κ1) is 17.2. The topological polar surface area (TPSA) is 50.1 Å². The molecule has 0 saturated carbocycles. The molecule has 0 amide bonds. The molecule has 1 aromatic rings. The van der Waals surface area contributed by atoms with Crippen LogP contribution in [-0.4, -0.2) is 12.9 Å². The summed E-state index contributed by atoms with van der Waals surface area (Å²) in [6.45, 7) is 6.08. The molecule has 1 aromatic carbocycles. The highest BCUT2D eigenvalue weighted by Gasteiger charge is 2.29. The normalized spacial score (nSPS) is 13.3. The molecule has 114 valence electrons. The number of methoxy groups -OCH3 is 1. The predicted octanol–water partition coefficient (Wildman–Crippen LogP) is 4.40. The molecule has 0 aliphatic heterocycles. The number of benzene rings is 1. The quantitative estimate of drug-likeness (QED) is 0.712. The molecule has 0 spiro atoms. The van der Waals surface area contributed by atoms with Gasteiger partial charge in [-0.3, -0.25) is 4.79 Å². The number of nitriles is 1. The molecule has 0 aliphatic rings. The largest absolute Gasteiger partial charge is 0.496 e. The third-order valence-corrected chi connectivity index (χ3v) is 3.91. The number of carbonyl (C=O) groups is 1. The van der Waals surface area contributed by atoms with E-state index in [4.69, 9.17) is 4.74 Å². The molecule has 0 aromatic heterocycles. The predicted molar refractivity (Wildman–Crippen MR) is 84.4 cm³/mol. The first-order valence-corrected chi connectivity index (χ1v) is 7.66. The van der Waals surface area contributed by atoms with Crippen molar-refractivity contribution >= 4 is 5.78 Å². The minimum Gasteiger partial charge on any atom is -0.496 e. The molecular formula is C18H25NO2. The van der Waals surface area contributed by atoms with Gasteiger partial charge in [0, 0.05) is 11.5 Å². The van der Waals surface area contributed by atoms with E-state index in [0.29, 0.717) is 11.3 Å². The minimum atomic E-state index is -0.735. The van der Waals surface area contributed by atoms with E-state index in [1.807, 2.05) is 32.0 Å². The molecule has 1 rings (SSSR count). The number of carbonyl (C=O) groups excluding carboxylic acids is 1. The highest BCUT2D eigenvalue weighted by atomic mass is 16.5. The third-order valence-electron chi connectivity index (χ3n) is 3.91. The maximum absolute atomic E-state index is 12.7. The highest BCUT2D eigenvalue weighted by Crippen LogP contribution is 2.31. The van der Waals surface area contributed by atoms with E-state index < -0.39 is 5.92 Å². The molecule has 0 saturated heterocycles. The summed E-state index contributed by atoms with van der Waals surface area (Å²) in [5.74, 6) is -0.135. The van der Waals surface area contributed by atoms with Gasteiger partial charge < -0.3 is 4.74 Å². The summed E-state index contributed by atoms with van der Waals surface area (Å²) in [5, 5.41) is 9.50. The van der Waals surface area contributed by atoms with Crippen molar-refractivity contribution < 1.29 is 9.53 Å². The number of Topliss-reactive ketones (excluding diaryl/α,β-unsaturated/α-hetero) is 1. The summed E-state index contributed by atoms with van der Waals surface area (Å²) >= 11 is 0. The van der Waals surface area contributed by atoms with E-state index in [-0.39, 0.29) is 11.7 Å². The summed E-state index contributed by atoms with van der Waals surface area (Å²) in [4.78, 5) is 12.7. The molecule has 0 bridgehead atoms. The molecule has 0 heterocycles. The maximum Gasteiger partial charge on any atom is 0.157 e. The number of hydrogen-bond donors (Lipinski definition) is 0. The van der Waals surface area contributed by atoms with Crippen LogP contribution in [-0.2, 0) is 4.79 Å². The molecule has 3 nitrogen and oxygen atoms in total. The third kappa shape index (κ3) is 4.32. The summed E-state index contributed by atoms with van der Waals surface area (Å²) in [6.07, 6.45) is 3.73. The number of ketones is 1. The van der Waals surface area contributed by atoms with Gasteiger partial charge in [0.15, 0.2) is 5.78 Å². The van der Waals surface area contributed by atoms with E-state index in [2.05, 4.69) is 13.0 Å². The fourth-order valence-corrected chi connectivity index (χ4v) is 2.60. The van der Waals surface area contributed by atoms with Crippen LogP contribution < -0.4 is 4.74 Å². The Morgan fingerprint density at radius 1 is 1.38 bits per heavy atom. The van der Waals surface area contributed by atoms with Crippen LogP contribution in [0, 0.1) is 24.2 Å². The average molecular weight is 287 g/mol. The van der Waals surface area contributed by atoms with Gasteiger partial charge in [0.25, 0.3) is 0 Å². The smallest absolute Gasteiger partial charge is 0.157 e. The molecule has 3 heteroatoms. The Kier molecular flexibility index (Phi) is 6.94. The van der Waals surface area contributed by atoms with Crippen LogP contribution in [0.1, 0.15) is 56.6 Å². The van der Waals surface area contributed by atoms with E-state index in [0.717, 1.165) is 31.2 Å². The van der Waals surface area contributed by atoms with Crippen LogP contribution in [0.2, 0.25) is 0 Å². The van der Waals surface area contributed by atoms with Crippen LogP contribution in [0.4, 0.5) is 0 Å². The highest BCUT2D eigenvalue weighted by molar-refractivity contribution is 5.91. The minimum absolute atomic E-state index is 0.0253. The van der Waals surface area contributed by atoms with Crippen molar-refractivity contribution in [1.29, 1.82) is 5.26 Å². The number of aryl methyl sites for hydroxylation is 1. The summed E-state index contributed by atoms with van der Waals surface area (Å²) in [7, 11) is 1.57. The summed E-state index contributed by atoms with van der Waals surface area (Å²) in [6, 6.07) is 7.82. The number of hydrogen-bond acceptors (Lipinski definition) is 3. The van der Waals surface area contributed by atoms with Crippen LogP contribution in [0.25, 0.3) is 0 Å². The van der Waals surface area contributed by atoms with Crippen molar-refractivity contribution in [2.45, 2.75) is 52.4 Å². The monoisotopic (exact) mass is 287 g/mol. The van der Waals surface area contributed by atoms with Crippen LogP contribution in [0.5, 0.6) is 5.75 Å². The van der Waals surface area contributed by atoms with E-state index in [9.17, 15) is 10.1 Å². The first-order chi connectivity index (χ1) is 10.1. The number of nitrogens with zero attached hydrogens (tertiary/aromatic N) is 1. The van der Waals surface area contributed by atoms with Gasteiger partial charge in [-0.2, -0.15) is 5.26 Å². The number of ether oxygens (including phenoxy) is 1. The van der Waals surface area contributed by atoms with Crippen molar-refractivity contribution in [3.63, 3.8) is 0 Å². The number of unbranched alkanes of at least 4 members (excludes halogenated alkanes) is 1. The zero-order valence-electron chi connectivity index (χ0n) is 13.5. The lowest BCUT2D eigenvalue weighted by atomic mass is 9.83. The van der Waals surface area contributed by atoms with E-state index in [1.165, 1.54) is 0 Å². The molecule has 0 radical (unpaired) electrons. The van der Waals surface area contributed by atoms with Gasteiger partial charge in [-0.05, 0) is 25.8 Å². The molecule has 2 atom stereocenters. The second-order valence-electron chi connectivity index (χ2n) is 5.46. The van der Waals surface area contributed by atoms with Gasteiger partial charge in [-0.1, -0.05) is 44.4 Å². The molecule has 21 heavy (non-hydrogen) atoms. The van der Waals surface area contributed by atoms with Gasteiger partial charge in [0.2, 0.25) is 0 Å². The zero-order valence-corrected chi connectivity index (χ0v) is 13.5. The van der Waals surface area contributed by atoms with Crippen molar-refractivity contribution in [3.8, 4) is 11.8 Å². The molecule has 0 N–H and O–H groups in total. The van der Waals surface area contributed by atoms with E-state index in [1.54, 1.807) is 7.11 Å². The van der Waals surface area contributed by atoms with E-state index >= 15 is 0 Å². The van der Waals surface area contributed by atoms with Crippen molar-refractivity contribution in [2.24, 2.45) is 5.92 Å². The van der Waals surface area contributed by atoms with Gasteiger partial charge in [-0.15, -0.1) is 0 Å². The summed E-state index contributed by atoms with van der Waals surface area (Å²) in [5.41, 5.74) is 1.72. The fraction of sp³-hybridized carbons (Fsp3) is 0.556. The maximum atomic E-state index is 12.7. The fourth-order valence-electron chi connectivity index (χ4n) is 2.60. The standard InChI is InChI=1S/C18H25NO2/c1-5-7-8-14(6-2)18(20)16(12-19)15-11-13(3)9-10-17(15)21-4/h9-11,14,16H,5-8H2,1-4H3. The Balaban J connectivity index is 3.09. The lowest BCUT2D eigenvalue weighted by Crippen LogP contribution is -2.21. The second-order valence-corrected chi connectivity index (χ2v) is 5.46. The Labute approximate surface area is 127 Å². The van der Waals surface area contributed by atoms with Crippen LogP contribution in [0.3, 0.4) is 0 Å². The Hall–Kier alpha value is -1.82. The first-order valence-electron chi connectivity index (χ1n) is 7.66. The zero-order chi connectivity index (χ0) is 15.8. The Morgan fingerprint density at radius 2 is 2.10 bits per heavy atom. The van der Waals surface area contributed by atoms with Crippen molar-refractivity contribution in [1.82, 2.24) is 0 Å². The average Bonchev–Trinajstić information content (AvgIpc) is 2.49. The molecule has 2 unspecified atom stereocenters. The Morgan fingerprint density at radius 3 is 2.62 bits per heavy atom. The van der Waals surface area contributed by atoms with Crippen molar-refractivity contribution in [3.05, 3.63) is 29.3 Å². The SMILES string of the molecule is CCCCC(CC)C(=O)C(C#N)c1cc(C)ccc1OC. The lowest BCUT2D eigenvalue weighted by molar-refractivity contribution is -0.123. The van der Waals surface area contributed by atoms with Gasteiger partial charge in [0.1, 0.15) is 11.7 Å². The van der Waals surface area contributed by atoms with Crippen LogP contribution >= 0.6 is 0 Å². The Bertz CT molecular complexity index is 516. The lowest BCUT2D eigenvalue weighted by Gasteiger charge is -2.19.